The Balaban J connectivity index is 2.67. The lowest BCUT2D eigenvalue weighted by Crippen LogP contribution is -2.25. The van der Waals surface area contributed by atoms with E-state index in [4.69, 9.17) is 4.74 Å². The van der Waals surface area contributed by atoms with Crippen molar-refractivity contribution in [2.24, 2.45) is 0 Å². The summed E-state index contributed by atoms with van der Waals surface area (Å²) in [5.74, 6) is -0.256. The van der Waals surface area contributed by atoms with Gasteiger partial charge >= 0.3 is 0 Å². The second-order valence-electron chi connectivity index (χ2n) is 4.05. The molecule has 0 N–H and O–H groups in total. The van der Waals surface area contributed by atoms with Crippen LogP contribution in [0.1, 0.15) is 30.6 Å². The zero-order valence-corrected chi connectivity index (χ0v) is 11.2. The summed E-state index contributed by atoms with van der Waals surface area (Å²) in [4.78, 5) is 14.0. The van der Waals surface area contributed by atoms with Crippen LogP contribution >= 0.6 is 0 Å². The smallest absolute Gasteiger partial charge is 0.167 e. The number of hydrogen-bond donors (Lipinski definition) is 0. The highest BCUT2D eigenvalue weighted by Gasteiger charge is 2.13. The van der Waals surface area contributed by atoms with E-state index in [1.807, 2.05) is 13.8 Å². The average Bonchev–Trinajstić information content (AvgIpc) is 2.39. The second kappa shape index (κ2) is 7.11. The number of carbonyl (C=O) groups excluding carboxylic acids is 1. The molecule has 0 spiro atoms. The number of hydrogen-bond acceptors (Lipinski definition) is 3. The Morgan fingerprint density at radius 2 is 2.00 bits per heavy atom. The summed E-state index contributed by atoms with van der Waals surface area (Å²) in [6, 6.07) is 4.33. The molecule has 3 nitrogen and oxygen atoms in total. The van der Waals surface area contributed by atoms with Gasteiger partial charge in [0.05, 0.1) is 12.7 Å². The fourth-order valence-electron chi connectivity index (χ4n) is 1.78. The van der Waals surface area contributed by atoms with E-state index in [1.165, 1.54) is 19.2 Å². The summed E-state index contributed by atoms with van der Waals surface area (Å²) in [6.45, 7) is 6.55. The van der Waals surface area contributed by atoms with Crippen molar-refractivity contribution < 1.29 is 13.9 Å². The standard InChI is InChI=1S/C14H20FNO2/c1-4-16(5-2)9-8-14(17)12-7-6-11(18-3)10-13(12)15/h6-7,10H,4-5,8-9H2,1-3H3. The van der Waals surface area contributed by atoms with Crippen LogP contribution in [0.3, 0.4) is 0 Å². The summed E-state index contributed by atoms with van der Waals surface area (Å²) < 4.78 is 18.6. The van der Waals surface area contributed by atoms with Crippen molar-refractivity contribution in [1.29, 1.82) is 0 Å². The molecular weight excluding hydrogens is 233 g/mol. The molecule has 0 saturated heterocycles. The first kappa shape index (κ1) is 14.6. The minimum atomic E-state index is -0.515. The first-order valence-electron chi connectivity index (χ1n) is 6.21. The van der Waals surface area contributed by atoms with Gasteiger partial charge < -0.3 is 9.64 Å². The van der Waals surface area contributed by atoms with Gasteiger partial charge in [0.15, 0.2) is 5.78 Å². The van der Waals surface area contributed by atoms with Crippen molar-refractivity contribution in [3.8, 4) is 5.75 Å². The maximum atomic E-state index is 13.7. The Labute approximate surface area is 108 Å². The van der Waals surface area contributed by atoms with Crippen molar-refractivity contribution in [2.75, 3.05) is 26.7 Å². The van der Waals surface area contributed by atoms with E-state index < -0.39 is 5.82 Å². The molecule has 0 aliphatic heterocycles. The number of methoxy groups -OCH3 is 1. The Kier molecular flexibility index (Phi) is 5.78. The van der Waals surface area contributed by atoms with Gasteiger partial charge in [-0.2, -0.15) is 0 Å². The third-order valence-electron chi connectivity index (χ3n) is 3.03. The third-order valence-corrected chi connectivity index (χ3v) is 3.03. The van der Waals surface area contributed by atoms with Gasteiger partial charge in [0, 0.05) is 19.0 Å². The molecule has 18 heavy (non-hydrogen) atoms. The Bertz CT molecular complexity index is 403. The summed E-state index contributed by atoms with van der Waals surface area (Å²) in [6.07, 6.45) is 0.338. The van der Waals surface area contributed by atoms with E-state index >= 15 is 0 Å². The van der Waals surface area contributed by atoms with E-state index in [9.17, 15) is 9.18 Å². The molecule has 1 rings (SSSR count). The van der Waals surface area contributed by atoms with Crippen LogP contribution in [0.4, 0.5) is 4.39 Å². The molecule has 100 valence electrons. The van der Waals surface area contributed by atoms with Gasteiger partial charge in [-0.1, -0.05) is 13.8 Å². The van der Waals surface area contributed by atoms with Crippen LogP contribution in [0.15, 0.2) is 18.2 Å². The predicted octanol–water partition coefficient (Wildman–Crippen LogP) is 2.75. The first-order valence-corrected chi connectivity index (χ1v) is 6.21. The second-order valence-corrected chi connectivity index (χ2v) is 4.05. The highest BCUT2D eigenvalue weighted by molar-refractivity contribution is 5.96. The molecule has 0 fully saturated rings. The van der Waals surface area contributed by atoms with Gasteiger partial charge in [0.2, 0.25) is 0 Å². The average molecular weight is 253 g/mol. The van der Waals surface area contributed by atoms with Crippen LogP contribution in [-0.2, 0) is 0 Å². The molecular formula is C14H20FNO2. The van der Waals surface area contributed by atoms with Crippen LogP contribution in [0, 0.1) is 5.82 Å². The van der Waals surface area contributed by atoms with Crippen LogP contribution in [0.2, 0.25) is 0 Å². The minimum Gasteiger partial charge on any atom is -0.497 e. The van der Waals surface area contributed by atoms with Gasteiger partial charge in [0.25, 0.3) is 0 Å². The van der Waals surface area contributed by atoms with E-state index in [0.29, 0.717) is 18.7 Å². The molecule has 0 radical (unpaired) electrons. The number of nitrogens with zero attached hydrogens (tertiary/aromatic N) is 1. The number of carbonyl (C=O) groups is 1. The van der Waals surface area contributed by atoms with E-state index in [1.54, 1.807) is 6.07 Å². The number of ketones is 1. The van der Waals surface area contributed by atoms with Crippen molar-refractivity contribution in [2.45, 2.75) is 20.3 Å². The van der Waals surface area contributed by atoms with Gasteiger partial charge in [-0.3, -0.25) is 4.79 Å². The van der Waals surface area contributed by atoms with Gasteiger partial charge in [-0.05, 0) is 25.2 Å². The van der Waals surface area contributed by atoms with Crippen LogP contribution in [0.25, 0.3) is 0 Å². The van der Waals surface area contributed by atoms with Crippen LogP contribution < -0.4 is 4.74 Å². The van der Waals surface area contributed by atoms with Gasteiger partial charge in [-0.15, -0.1) is 0 Å². The van der Waals surface area contributed by atoms with Crippen LogP contribution in [0.5, 0.6) is 5.75 Å². The van der Waals surface area contributed by atoms with E-state index in [2.05, 4.69) is 4.90 Å². The quantitative estimate of drug-likeness (QED) is 0.700. The normalized spacial score (nSPS) is 10.7. The summed E-state index contributed by atoms with van der Waals surface area (Å²) in [5.41, 5.74) is 0.142. The lowest BCUT2D eigenvalue weighted by atomic mass is 10.1. The number of Topliss-reactive ketones (excluding diaryl/α,β-unsaturated/α-hetero) is 1. The summed E-state index contributed by atoms with van der Waals surface area (Å²) in [5, 5.41) is 0. The number of benzene rings is 1. The molecule has 1 aromatic carbocycles. The fraction of sp³-hybridized carbons (Fsp3) is 0.500. The largest absolute Gasteiger partial charge is 0.497 e. The molecule has 0 aliphatic rings. The van der Waals surface area contributed by atoms with Crippen molar-refractivity contribution in [1.82, 2.24) is 4.90 Å². The monoisotopic (exact) mass is 253 g/mol. The van der Waals surface area contributed by atoms with E-state index in [0.717, 1.165) is 13.1 Å². The molecule has 0 aromatic heterocycles. The summed E-state index contributed by atoms with van der Waals surface area (Å²) >= 11 is 0. The fourth-order valence-corrected chi connectivity index (χ4v) is 1.78. The van der Waals surface area contributed by atoms with Crippen molar-refractivity contribution in [3.05, 3.63) is 29.6 Å². The third kappa shape index (κ3) is 3.81. The predicted molar refractivity (Wildman–Crippen MR) is 69.7 cm³/mol. The topological polar surface area (TPSA) is 29.5 Å². The maximum Gasteiger partial charge on any atom is 0.167 e. The Morgan fingerprint density at radius 1 is 1.33 bits per heavy atom. The number of ether oxygens (including phenoxy) is 1. The Hall–Kier alpha value is -1.42. The highest BCUT2D eigenvalue weighted by Crippen LogP contribution is 2.17. The first-order chi connectivity index (χ1) is 8.62. The zero-order valence-electron chi connectivity index (χ0n) is 11.2. The zero-order chi connectivity index (χ0) is 13.5. The Morgan fingerprint density at radius 3 is 2.50 bits per heavy atom. The van der Waals surface area contributed by atoms with Crippen molar-refractivity contribution >= 4 is 5.78 Å². The van der Waals surface area contributed by atoms with Gasteiger partial charge in [-0.25, -0.2) is 4.39 Å². The molecule has 0 unspecified atom stereocenters. The SMILES string of the molecule is CCN(CC)CCC(=O)c1ccc(OC)cc1F. The maximum absolute atomic E-state index is 13.7. The van der Waals surface area contributed by atoms with E-state index in [-0.39, 0.29) is 11.3 Å². The molecule has 0 aliphatic carbocycles. The molecule has 0 atom stereocenters. The number of halogens is 1. The lowest BCUT2D eigenvalue weighted by molar-refractivity contribution is 0.0962. The lowest BCUT2D eigenvalue weighted by Gasteiger charge is -2.17. The molecule has 0 bridgehead atoms. The van der Waals surface area contributed by atoms with Crippen LogP contribution in [-0.4, -0.2) is 37.4 Å². The molecule has 0 saturated carbocycles. The molecule has 0 heterocycles. The number of rotatable bonds is 7. The minimum absolute atomic E-state index is 0.142. The van der Waals surface area contributed by atoms with Gasteiger partial charge in [0.1, 0.15) is 11.6 Å². The molecule has 4 heteroatoms. The molecule has 1 aromatic rings. The summed E-state index contributed by atoms with van der Waals surface area (Å²) in [7, 11) is 1.47. The highest BCUT2D eigenvalue weighted by atomic mass is 19.1. The van der Waals surface area contributed by atoms with Crippen molar-refractivity contribution in [3.63, 3.8) is 0 Å². The molecule has 0 amide bonds.